The molecule has 7 heteroatoms. The number of nitrogens with zero attached hydrogens (tertiary/aromatic N) is 4. The van der Waals surface area contributed by atoms with Crippen molar-refractivity contribution in [1.29, 1.82) is 0 Å². The Morgan fingerprint density at radius 1 is 1.56 bits per heavy atom. The van der Waals surface area contributed by atoms with Gasteiger partial charge in [0.15, 0.2) is 6.04 Å². The van der Waals surface area contributed by atoms with Gasteiger partial charge in [0.2, 0.25) is 0 Å². The summed E-state index contributed by atoms with van der Waals surface area (Å²) in [6, 6.07) is 6.24. The third-order valence-corrected chi connectivity index (χ3v) is 2.79. The number of benzene rings is 1. The first-order chi connectivity index (χ1) is 8.58. The average molecular weight is 267 g/mol. The van der Waals surface area contributed by atoms with Crippen LogP contribution in [0.1, 0.15) is 17.4 Å². The summed E-state index contributed by atoms with van der Waals surface area (Å²) < 4.78 is 1.29. The minimum atomic E-state index is -0.981. The Kier molecular flexibility index (Phi) is 3.57. The number of rotatable bonds is 4. The molecule has 0 aliphatic carbocycles. The Bertz CT molecular complexity index is 570. The fourth-order valence-electron chi connectivity index (χ4n) is 1.69. The van der Waals surface area contributed by atoms with E-state index in [0.717, 1.165) is 5.56 Å². The van der Waals surface area contributed by atoms with Gasteiger partial charge < -0.3 is 5.11 Å². The molecule has 1 aromatic heterocycles. The molecule has 0 amide bonds. The predicted octanol–water partition coefficient (Wildman–Crippen LogP) is 1.50. The second kappa shape index (κ2) is 5.14. The van der Waals surface area contributed by atoms with Crippen molar-refractivity contribution in [3.8, 4) is 0 Å². The summed E-state index contributed by atoms with van der Waals surface area (Å²) in [6.45, 7) is 1.66. The summed E-state index contributed by atoms with van der Waals surface area (Å²) in [5.41, 5.74) is 0.824. The minimum absolute atomic E-state index is 0.280. The highest BCUT2D eigenvalue weighted by atomic mass is 35.5. The van der Waals surface area contributed by atoms with E-state index in [-0.39, 0.29) is 6.42 Å². The first-order valence-electron chi connectivity index (χ1n) is 5.29. The van der Waals surface area contributed by atoms with E-state index >= 15 is 0 Å². The van der Waals surface area contributed by atoms with Gasteiger partial charge in [-0.1, -0.05) is 23.7 Å². The molecule has 1 aromatic carbocycles. The van der Waals surface area contributed by atoms with Gasteiger partial charge in [0.25, 0.3) is 0 Å². The van der Waals surface area contributed by atoms with Crippen LogP contribution in [0.3, 0.4) is 0 Å². The Balaban J connectivity index is 2.28. The molecule has 0 fully saturated rings. The fourth-order valence-corrected chi connectivity index (χ4v) is 1.90. The Morgan fingerprint density at radius 3 is 2.89 bits per heavy atom. The highest BCUT2D eigenvalue weighted by Crippen LogP contribution is 2.18. The van der Waals surface area contributed by atoms with Gasteiger partial charge in [0, 0.05) is 11.4 Å². The van der Waals surface area contributed by atoms with Gasteiger partial charge in [-0.2, -0.15) is 0 Å². The number of carbonyl (C=O) groups is 1. The van der Waals surface area contributed by atoms with Crippen LogP contribution in [0.4, 0.5) is 0 Å². The number of aliphatic carboxylic acids is 1. The Morgan fingerprint density at radius 2 is 2.33 bits per heavy atom. The number of tetrazole rings is 1. The largest absolute Gasteiger partial charge is 0.480 e. The van der Waals surface area contributed by atoms with Gasteiger partial charge in [-0.25, -0.2) is 9.48 Å². The van der Waals surface area contributed by atoms with Crippen LogP contribution in [0.2, 0.25) is 5.02 Å². The van der Waals surface area contributed by atoms with Gasteiger partial charge in [-0.05, 0) is 35.0 Å². The van der Waals surface area contributed by atoms with E-state index in [1.54, 1.807) is 25.1 Å². The van der Waals surface area contributed by atoms with E-state index < -0.39 is 12.0 Å². The molecule has 6 nitrogen and oxygen atoms in total. The lowest BCUT2D eigenvalue weighted by atomic mass is 10.1. The summed E-state index contributed by atoms with van der Waals surface area (Å²) in [7, 11) is 0. The molecule has 0 aliphatic rings. The Hall–Kier alpha value is -1.95. The number of aromatic nitrogens is 4. The molecule has 18 heavy (non-hydrogen) atoms. The van der Waals surface area contributed by atoms with E-state index in [0.29, 0.717) is 10.8 Å². The molecule has 0 saturated heterocycles. The monoisotopic (exact) mass is 266 g/mol. The van der Waals surface area contributed by atoms with E-state index in [9.17, 15) is 9.90 Å². The first-order valence-corrected chi connectivity index (χ1v) is 5.67. The van der Waals surface area contributed by atoms with Crippen LogP contribution in [-0.4, -0.2) is 31.3 Å². The topological polar surface area (TPSA) is 80.9 Å². The number of hydrogen-bond donors (Lipinski definition) is 1. The third kappa shape index (κ3) is 2.65. The summed E-state index contributed by atoms with van der Waals surface area (Å²) in [6.07, 6.45) is 0.280. The van der Waals surface area contributed by atoms with E-state index in [2.05, 4.69) is 15.5 Å². The van der Waals surface area contributed by atoms with Crippen LogP contribution in [0.15, 0.2) is 24.3 Å². The van der Waals surface area contributed by atoms with Crippen molar-refractivity contribution in [2.45, 2.75) is 19.4 Å². The van der Waals surface area contributed by atoms with Crippen molar-refractivity contribution >= 4 is 17.6 Å². The maximum Gasteiger partial charge on any atom is 0.328 e. The zero-order chi connectivity index (χ0) is 13.1. The molecule has 1 unspecified atom stereocenters. The molecule has 0 aliphatic heterocycles. The lowest BCUT2D eigenvalue weighted by molar-refractivity contribution is -0.141. The molecule has 1 atom stereocenters. The summed E-state index contributed by atoms with van der Waals surface area (Å²) in [5.74, 6) is -0.519. The molecule has 0 bridgehead atoms. The minimum Gasteiger partial charge on any atom is -0.480 e. The molecule has 0 spiro atoms. The number of carboxylic acid groups (broad SMARTS) is 1. The molecule has 2 rings (SSSR count). The van der Waals surface area contributed by atoms with Crippen molar-refractivity contribution in [1.82, 2.24) is 20.2 Å². The zero-order valence-electron chi connectivity index (χ0n) is 9.62. The van der Waals surface area contributed by atoms with Crippen molar-refractivity contribution in [3.05, 3.63) is 40.7 Å². The van der Waals surface area contributed by atoms with Crippen molar-refractivity contribution in [2.75, 3.05) is 0 Å². The van der Waals surface area contributed by atoms with E-state index in [1.165, 1.54) is 4.68 Å². The van der Waals surface area contributed by atoms with Crippen LogP contribution >= 0.6 is 11.6 Å². The lowest BCUT2D eigenvalue weighted by Crippen LogP contribution is -2.23. The lowest BCUT2D eigenvalue weighted by Gasteiger charge is -2.13. The number of aryl methyl sites for hydroxylation is 1. The summed E-state index contributed by atoms with van der Waals surface area (Å²) in [5, 5.41) is 20.7. The van der Waals surface area contributed by atoms with Gasteiger partial charge in [0.05, 0.1) is 0 Å². The highest BCUT2D eigenvalue weighted by molar-refractivity contribution is 6.30. The summed E-state index contributed by atoms with van der Waals surface area (Å²) >= 11 is 5.87. The quantitative estimate of drug-likeness (QED) is 0.907. The fraction of sp³-hybridized carbons (Fsp3) is 0.273. The standard InChI is InChI=1S/C11H11ClN4O2/c1-7-13-14-15-16(7)10(11(17)18)6-8-3-2-4-9(12)5-8/h2-5,10H,6H2,1H3,(H,17,18). The van der Waals surface area contributed by atoms with Crippen LogP contribution in [0.25, 0.3) is 0 Å². The second-order valence-corrected chi connectivity index (χ2v) is 4.30. The van der Waals surface area contributed by atoms with Gasteiger partial charge in [-0.3, -0.25) is 0 Å². The van der Waals surface area contributed by atoms with Crippen molar-refractivity contribution < 1.29 is 9.90 Å². The molecule has 1 N–H and O–H groups in total. The Labute approximate surface area is 108 Å². The number of halogens is 1. The number of hydrogen-bond acceptors (Lipinski definition) is 4. The molecule has 2 aromatic rings. The SMILES string of the molecule is Cc1nnnn1C(Cc1cccc(Cl)c1)C(=O)O. The number of carboxylic acids is 1. The van der Waals surface area contributed by atoms with Gasteiger partial charge in [0.1, 0.15) is 5.82 Å². The van der Waals surface area contributed by atoms with Gasteiger partial charge in [-0.15, -0.1) is 5.10 Å². The smallest absolute Gasteiger partial charge is 0.328 e. The molecular formula is C11H11ClN4O2. The molecule has 1 heterocycles. The van der Waals surface area contributed by atoms with Crippen LogP contribution in [0, 0.1) is 6.92 Å². The van der Waals surface area contributed by atoms with Crippen molar-refractivity contribution in [3.63, 3.8) is 0 Å². The van der Waals surface area contributed by atoms with Crippen LogP contribution < -0.4 is 0 Å². The van der Waals surface area contributed by atoms with E-state index in [1.807, 2.05) is 6.07 Å². The maximum atomic E-state index is 11.3. The van der Waals surface area contributed by atoms with Crippen molar-refractivity contribution in [2.24, 2.45) is 0 Å². The predicted molar refractivity (Wildman–Crippen MR) is 64.4 cm³/mol. The van der Waals surface area contributed by atoms with Crippen LogP contribution in [-0.2, 0) is 11.2 Å². The average Bonchev–Trinajstić information content (AvgIpc) is 2.72. The van der Waals surface area contributed by atoms with Crippen LogP contribution in [0.5, 0.6) is 0 Å². The maximum absolute atomic E-state index is 11.3. The summed E-state index contributed by atoms with van der Waals surface area (Å²) in [4.78, 5) is 11.3. The molecular weight excluding hydrogens is 256 g/mol. The van der Waals surface area contributed by atoms with Gasteiger partial charge >= 0.3 is 5.97 Å². The highest BCUT2D eigenvalue weighted by Gasteiger charge is 2.23. The molecule has 94 valence electrons. The first kappa shape index (κ1) is 12.5. The van der Waals surface area contributed by atoms with E-state index in [4.69, 9.17) is 11.6 Å². The normalized spacial score (nSPS) is 12.3. The molecule has 0 radical (unpaired) electrons. The molecule has 0 saturated carbocycles. The zero-order valence-corrected chi connectivity index (χ0v) is 10.4. The second-order valence-electron chi connectivity index (χ2n) is 3.86. The third-order valence-electron chi connectivity index (χ3n) is 2.56.